The van der Waals surface area contributed by atoms with E-state index in [1.54, 1.807) is 31.2 Å². The predicted molar refractivity (Wildman–Crippen MR) is 104 cm³/mol. The molecule has 0 amide bonds. The van der Waals surface area contributed by atoms with Crippen molar-refractivity contribution in [2.45, 2.75) is 59.0 Å². The maximum absolute atomic E-state index is 12.0. The summed E-state index contributed by atoms with van der Waals surface area (Å²) < 4.78 is 27.2. The average molecular weight is 396 g/mol. The van der Waals surface area contributed by atoms with Crippen molar-refractivity contribution in [1.82, 2.24) is 0 Å². The number of rotatable bonds is 13. The first-order valence-corrected chi connectivity index (χ1v) is 9.52. The van der Waals surface area contributed by atoms with Crippen molar-refractivity contribution >= 4 is 11.9 Å². The second kappa shape index (κ2) is 13.3. The molecule has 0 aliphatic carbocycles. The van der Waals surface area contributed by atoms with E-state index in [2.05, 4.69) is 0 Å². The summed E-state index contributed by atoms with van der Waals surface area (Å²) in [5.41, 5.74) is 0.516. The molecule has 0 aromatic heterocycles. The second-order valence-electron chi connectivity index (χ2n) is 6.82. The molecule has 0 aliphatic rings. The molecule has 4 unspecified atom stereocenters. The molecule has 0 bridgehead atoms. The highest BCUT2D eigenvalue weighted by Crippen LogP contribution is 2.06. The van der Waals surface area contributed by atoms with Crippen molar-refractivity contribution in [3.63, 3.8) is 0 Å². The average Bonchev–Trinajstić information content (AvgIpc) is 2.68. The molecule has 4 atom stereocenters. The largest absolute Gasteiger partial charge is 0.463 e. The van der Waals surface area contributed by atoms with Gasteiger partial charge in [0.1, 0.15) is 12.7 Å². The lowest BCUT2D eigenvalue weighted by Crippen LogP contribution is -2.29. The molecule has 1 rings (SSSR count). The highest BCUT2D eigenvalue weighted by molar-refractivity contribution is 5.89. The zero-order chi connectivity index (χ0) is 20.9. The summed E-state index contributed by atoms with van der Waals surface area (Å²) in [6.07, 6.45) is -0.834. The van der Waals surface area contributed by atoms with Gasteiger partial charge in [0.05, 0.1) is 43.7 Å². The van der Waals surface area contributed by atoms with Crippen molar-refractivity contribution in [3.05, 3.63) is 35.9 Å². The van der Waals surface area contributed by atoms with Crippen molar-refractivity contribution in [2.24, 2.45) is 0 Å². The number of carbonyl (C=O) groups excluding carboxylic acids is 2. The van der Waals surface area contributed by atoms with Crippen LogP contribution in [-0.4, -0.2) is 62.8 Å². The van der Waals surface area contributed by atoms with E-state index in [1.165, 1.54) is 6.92 Å². The number of hydrogen-bond donors (Lipinski definition) is 0. The molecule has 0 N–H and O–H groups in total. The minimum absolute atomic E-state index is 0.126. The summed E-state index contributed by atoms with van der Waals surface area (Å²) in [5, 5.41) is 0. The molecule has 0 heterocycles. The van der Waals surface area contributed by atoms with Gasteiger partial charge in [-0.25, -0.2) is 4.79 Å². The van der Waals surface area contributed by atoms with Crippen LogP contribution in [0, 0.1) is 0 Å². The number of benzene rings is 1. The van der Waals surface area contributed by atoms with Crippen LogP contribution in [0.2, 0.25) is 0 Å². The number of ether oxygens (including phenoxy) is 5. The Hall–Kier alpha value is -1.96. The van der Waals surface area contributed by atoms with Gasteiger partial charge in [0, 0.05) is 6.92 Å². The van der Waals surface area contributed by atoms with Crippen LogP contribution >= 0.6 is 0 Å². The standard InChI is InChI=1S/C21H32O7/c1-15(11-25-17(3)13-27-19(5)22)24-12-16(2)26-14-18(4)28-21(23)20-9-7-6-8-10-20/h6-10,15-18H,11-14H2,1-5H3. The minimum Gasteiger partial charge on any atom is -0.463 e. The van der Waals surface area contributed by atoms with Crippen LogP contribution in [0.15, 0.2) is 30.3 Å². The number of esters is 2. The molecule has 28 heavy (non-hydrogen) atoms. The molecule has 7 heteroatoms. The number of hydrogen-bond acceptors (Lipinski definition) is 7. The van der Waals surface area contributed by atoms with Crippen LogP contribution in [0.1, 0.15) is 45.0 Å². The highest BCUT2D eigenvalue weighted by Gasteiger charge is 2.14. The lowest BCUT2D eigenvalue weighted by atomic mass is 10.2. The van der Waals surface area contributed by atoms with Gasteiger partial charge >= 0.3 is 11.9 Å². The van der Waals surface area contributed by atoms with E-state index in [9.17, 15) is 9.59 Å². The maximum Gasteiger partial charge on any atom is 0.338 e. The lowest BCUT2D eigenvalue weighted by molar-refractivity contribution is -0.146. The third kappa shape index (κ3) is 11.0. The van der Waals surface area contributed by atoms with Gasteiger partial charge in [-0.15, -0.1) is 0 Å². The van der Waals surface area contributed by atoms with Crippen molar-refractivity contribution < 1.29 is 33.3 Å². The normalized spacial score (nSPS) is 15.3. The summed E-state index contributed by atoms with van der Waals surface area (Å²) in [7, 11) is 0. The minimum atomic E-state index is -0.366. The zero-order valence-electron chi connectivity index (χ0n) is 17.4. The monoisotopic (exact) mass is 396 g/mol. The summed E-state index contributed by atoms with van der Waals surface area (Å²) in [4.78, 5) is 22.7. The first-order chi connectivity index (χ1) is 13.3. The molecule has 0 spiro atoms. The molecule has 0 saturated heterocycles. The molecule has 0 aliphatic heterocycles. The Balaban J connectivity index is 2.15. The Bertz CT molecular complexity index is 575. The van der Waals surface area contributed by atoms with E-state index >= 15 is 0 Å². The Morgan fingerprint density at radius 3 is 1.71 bits per heavy atom. The van der Waals surface area contributed by atoms with Gasteiger partial charge in [0.25, 0.3) is 0 Å². The Morgan fingerprint density at radius 1 is 0.750 bits per heavy atom. The van der Waals surface area contributed by atoms with Gasteiger partial charge in [-0.1, -0.05) is 18.2 Å². The number of carbonyl (C=O) groups is 2. The first-order valence-electron chi connectivity index (χ1n) is 9.52. The SMILES string of the molecule is CC(=O)OCC(C)OCC(C)OCC(C)OCC(C)OC(=O)c1ccccc1. The predicted octanol–water partition coefficient (Wildman–Crippen LogP) is 3.01. The summed E-state index contributed by atoms with van der Waals surface area (Å²) in [6, 6.07) is 8.85. The Morgan fingerprint density at radius 2 is 1.21 bits per heavy atom. The van der Waals surface area contributed by atoms with Crippen LogP contribution in [0.5, 0.6) is 0 Å². The maximum atomic E-state index is 12.0. The van der Waals surface area contributed by atoms with Crippen molar-refractivity contribution in [2.75, 3.05) is 26.4 Å². The van der Waals surface area contributed by atoms with E-state index in [0.717, 1.165) is 0 Å². The Labute approximate surface area is 167 Å². The second-order valence-corrected chi connectivity index (χ2v) is 6.82. The Kier molecular flexibility index (Phi) is 11.4. The summed E-state index contributed by atoms with van der Waals surface area (Å²) >= 11 is 0. The fourth-order valence-electron chi connectivity index (χ4n) is 2.14. The molecule has 0 fully saturated rings. The van der Waals surface area contributed by atoms with E-state index in [-0.39, 0.29) is 49.6 Å². The third-order valence-electron chi connectivity index (χ3n) is 3.69. The van der Waals surface area contributed by atoms with E-state index in [1.807, 2.05) is 26.8 Å². The van der Waals surface area contributed by atoms with Crippen LogP contribution in [-0.2, 0) is 28.5 Å². The van der Waals surface area contributed by atoms with Crippen molar-refractivity contribution in [3.8, 4) is 0 Å². The fourth-order valence-corrected chi connectivity index (χ4v) is 2.14. The zero-order valence-corrected chi connectivity index (χ0v) is 17.4. The van der Waals surface area contributed by atoms with Crippen LogP contribution < -0.4 is 0 Å². The summed E-state index contributed by atoms with van der Waals surface area (Å²) in [5.74, 6) is -0.691. The molecule has 7 nitrogen and oxygen atoms in total. The molecular weight excluding hydrogens is 364 g/mol. The van der Waals surface area contributed by atoms with Gasteiger partial charge in [0.15, 0.2) is 0 Å². The molecule has 0 saturated carbocycles. The molecule has 158 valence electrons. The lowest BCUT2D eigenvalue weighted by Gasteiger charge is -2.21. The fraction of sp³-hybridized carbons (Fsp3) is 0.619. The van der Waals surface area contributed by atoms with Crippen LogP contribution in [0.25, 0.3) is 0 Å². The molecule has 0 radical (unpaired) electrons. The van der Waals surface area contributed by atoms with E-state index < -0.39 is 0 Å². The van der Waals surface area contributed by atoms with Gasteiger partial charge in [-0.3, -0.25) is 4.79 Å². The summed E-state index contributed by atoms with van der Waals surface area (Å²) in [6.45, 7) is 10.1. The van der Waals surface area contributed by atoms with Gasteiger partial charge in [0.2, 0.25) is 0 Å². The van der Waals surface area contributed by atoms with Crippen LogP contribution in [0.4, 0.5) is 0 Å². The van der Waals surface area contributed by atoms with Gasteiger partial charge in [-0.2, -0.15) is 0 Å². The van der Waals surface area contributed by atoms with Crippen LogP contribution in [0.3, 0.4) is 0 Å². The molecule has 1 aromatic rings. The quantitative estimate of drug-likeness (QED) is 0.474. The molecular formula is C21H32O7. The third-order valence-corrected chi connectivity index (χ3v) is 3.69. The van der Waals surface area contributed by atoms with Crippen molar-refractivity contribution in [1.29, 1.82) is 0 Å². The topological polar surface area (TPSA) is 80.3 Å². The highest BCUT2D eigenvalue weighted by atomic mass is 16.6. The van der Waals surface area contributed by atoms with E-state index in [0.29, 0.717) is 18.8 Å². The smallest absolute Gasteiger partial charge is 0.338 e. The van der Waals surface area contributed by atoms with Gasteiger partial charge in [-0.05, 0) is 39.8 Å². The van der Waals surface area contributed by atoms with E-state index in [4.69, 9.17) is 23.7 Å². The molecule has 1 aromatic carbocycles. The van der Waals surface area contributed by atoms with Gasteiger partial charge < -0.3 is 23.7 Å². The first kappa shape index (κ1) is 24.1.